The van der Waals surface area contributed by atoms with Gasteiger partial charge in [0.25, 0.3) is 5.91 Å². The van der Waals surface area contributed by atoms with Gasteiger partial charge in [0, 0.05) is 6.54 Å². The van der Waals surface area contributed by atoms with Gasteiger partial charge in [-0.25, -0.2) is 0 Å². The number of amides is 1. The van der Waals surface area contributed by atoms with Gasteiger partial charge in [0.1, 0.15) is 0 Å². The normalized spacial score (nSPS) is 10.6. The number of carbonyl (C=O) groups is 1. The topological polar surface area (TPSA) is 78.3 Å². The Kier molecular flexibility index (Phi) is 6.84. The fraction of sp³-hybridized carbons (Fsp3) is 0.318. The summed E-state index contributed by atoms with van der Waals surface area (Å²) in [5, 5.41) is 11.6. The average molecular weight is 394 g/mol. The third-order valence-electron chi connectivity index (χ3n) is 4.29. The molecule has 7 heteroatoms. The Labute approximate surface area is 170 Å². The maximum Gasteiger partial charge on any atom is 0.273 e. The molecule has 0 aliphatic rings. The number of hydrogen-bond donors (Lipinski definition) is 1. The molecular weight excluding hydrogens is 368 g/mol. The van der Waals surface area contributed by atoms with Gasteiger partial charge in [-0.2, -0.15) is 9.90 Å². The maximum absolute atomic E-state index is 12.5. The zero-order valence-corrected chi connectivity index (χ0v) is 17.0. The van der Waals surface area contributed by atoms with Gasteiger partial charge in [0.2, 0.25) is 0 Å². The van der Waals surface area contributed by atoms with E-state index in [4.69, 9.17) is 9.47 Å². The Hall–Kier alpha value is -3.35. The van der Waals surface area contributed by atoms with E-state index in [0.29, 0.717) is 37.6 Å². The Bertz CT molecular complexity index is 954. The van der Waals surface area contributed by atoms with Gasteiger partial charge in [0.15, 0.2) is 17.2 Å². The molecule has 0 radical (unpaired) electrons. The van der Waals surface area contributed by atoms with Crippen LogP contribution in [0, 0.1) is 6.92 Å². The zero-order chi connectivity index (χ0) is 20.6. The van der Waals surface area contributed by atoms with Gasteiger partial charge < -0.3 is 14.8 Å². The van der Waals surface area contributed by atoms with E-state index in [2.05, 4.69) is 15.5 Å². The highest BCUT2D eigenvalue weighted by Gasteiger charge is 2.16. The summed E-state index contributed by atoms with van der Waals surface area (Å²) in [5.74, 6) is 1.22. The summed E-state index contributed by atoms with van der Waals surface area (Å²) in [6.07, 6.45) is 0.671. The molecule has 152 valence electrons. The third-order valence-corrected chi connectivity index (χ3v) is 4.29. The number of carbonyl (C=O) groups excluding carboxylic acids is 1. The van der Waals surface area contributed by atoms with Crippen LogP contribution in [0.4, 0.5) is 0 Å². The first kappa shape index (κ1) is 20.4. The summed E-state index contributed by atoms with van der Waals surface area (Å²) in [5.41, 5.74) is 2.79. The second-order valence-electron chi connectivity index (χ2n) is 6.41. The number of aryl methyl sites for hydroxylation is 1. The number of rotatable bonds is 9. The lowest BCUT2D eigenvalue weighted by Gasteiger charge is -2.12. The highest BCUT2D eigenvalue weighted by Crippen LogP contribution is 2.28. The smallest absolute Gasteiger partial charge is 0.273 e. The fourth-order valence-corrected chi connectivity index (χ4v) is 2.92. The van der Waals surface area contributed by atoms with E-state index < -0.39 is 0 Å². The fourth-order valence-electron chi connectivity index (χ4n) is 2.92. The Morgan fingerprint density at radius 1 is 1.00 bits per heavy atom. The maximum atomic E-state index is 12.5. The second kappa shape index (κ2) is 9.73. The molecule has 7 nitrogen and oxygen atoms in total. The van der Waals surface area contributed by atoms with E-state index in [9.17, 15) is 4.79 Å². The summed E-state index contributed by atoms with van der Waals surface area (Å²) in [4.78, 5) is 14.0. The molecule has 0 saturated carbocycles. The summed E-state index contributed by atoms with van der Waals surface area (Å²) < 4.78 is 11.2. The van der Waals surface area contributed by atoms with Crippen molar-refractivity contribution in [3.05, 3.63) is 65.5 Å². The number of nitrogens with one attached hydrogen (secondary N) is 1. The van der Waals surface area contributed by atoms with Crippen molar-refractivity contribution >= 4 is 5.91 Å². The Morgan fingerprint density at radius 2 is 1.72 bits per heavy atom. The summed E-state index contributed by atoms with van der Waals surface area (Å²) in [6.45, 7) is 7.29. The zero-order valence-electron chi connectivity index (χ0n) is 17.0. The van der Waals surface area contributed by atoms with E-state index >= 15 is 0 Å². The Morgan fingerprint density at radius 3 is 2.45 bits per heavy atom. The molecule has 29 heavy (non-hydrogen) atoms. The monoisotopic (exact) mass is 394 g/mol. The molecule has 1 N–H and O–H groups in total. The van der Waals surface area contributed by atoms with Crippen LogP contribution in [-0.2, 0) is 6.42 Å². The first-order valence-electron chi connectivity index (χ1n) is 9.78. The van der Waals surface area contributed by atoms with Crippen LogP contribution in [0.1, 0.15) is 35.6 Å². The molecule has 1 amide bonds. The van der Waals surface area contributed by atoms with Gasteiger partial charge in [-0.3, -0.25) is 4.79 Å². The molecular formula is C22H26N4O3. The number of benzene rings is 2. The lowest BCUT2D eigenvalue weighted by atomic mass is 10.1. The molecule has 1 aromatic heterocycles. The molecule has 2 aromatic carbocycles. The molecule has 0 unspecified atom stereocenters. The largest absolute Gasteiger partial charge is 0.490 e. The van der Waals surface area contributed by atoms with Crippen LogP contribution in [0.2, 0.25) is 0 Å². The second-order valence-corrected chi connectivity index (χ2v) is 6.41. The molecule has 0 bridgehead atoms. The molecule has 3 rings (SSSR count). The van der Waals surface area contributed by atoms with Crippen molar-refractivity contribution in [1.82, 2.24) is 20.3 Å². The molecule has 0 saturated heterocycles. The van der Waals surface area contributed by atoms with Crippen LogP contribution in [0.5, 0.6) is 11.5 Å². The summed E-state index contributed by atoms with van der Waals surface area (Å²) >= 11 is 0. The molecule has 0 aliphatic carbocycles. The van der Waals surface area contributed by atoms with Crippen LogP contribution in [-0.4, -0.2) is 40.7 Å². The van der Waals surface area contributed by atoms with Crippen LogP contribution >= 0.6 is 0 Å². The minimum absolute atomic E-state index is 0.236. The van der Waals surface area contributed by atoms with Crippen molar-refractivity contribution in [3.63, 3.8) is 0 Å². The van der Waals surface area contributed by atoms with Gasteiger partial charge >= 0.3 is 0 Å². The SMILES string of the molecule is CCOc1ccc(CCNC(=O)c2nn(-c3ccccc3)nc2C)cc1OCC. The molecule has 1 heterocycles. The minimum Gasteiger partial charge on any atom is -0.490 e. The van der Waals surface area contributed by atoms with Crippen molar-refractivity contribution in [2.24, 2.45) is 0 Å². The molecule has 0 spiro atoms. The number of aromatic nitrogens is 3. The van der Waals surface area contributed by atoms with Crippen LogP contribution in [0.3, 0.4) is 0 Å². The van der Waals surface area contributed by atoms with Gasteiger partial charge in [-0.1, -0.05) is 24.3 Å². The lowest BCUT2D eigenvalue weighted by Crippen LogP contribution is -2.26. The van der Waals surface area contributed by atoms with Crippen molar-refractivity contribution in [2.75, 3.05) is 19.8 Å². The predicted octanol–water partition coefficient (Wildman–Crippen LogP) is 3.35. The number of para-hydroxylation sites is 1. The van der Waals surface area contributed by atoms with Crippen LogP contribution < -0.4 is 14.8 Å². The number of ether oxygens (including phenoxy) is 2. The average Bonchev–Trinajstić information content (AvgIpc) is 3.12. The van der Waals surface area contributed by atoms with Crippen molar-refractivity contribution in [1.29, 1.82) is 0 Å². The van der Waals surface area contributed by atoms with Crippen LogP contribution in [0.25, 0.3) is 5.69 Å². The third kappa shape index (κ3) is 5.13. The van der Waals surface area contributed by atoms with Gasteiger partial charge in [0.05, 0.1) is 24.6 Å². The number of hydrogen-bond acceptors (Lipinski definition) is 5. The highest BCUT2D eigenvalue weighted by molar-refractivity contribution is 5.93. The van der Waals surface area contributed by atoms with Gasteiger partial charge in [-0.05, 0) is 57.0 Å². The van der Waals surface area contributed by atoms with Crippen LogP contribution in [0.15, 0.2) is 48.5 Å². The lowest BCUT2D eigenvalue weighted by molar-refractivity contribution is 0.0948. The Balaban J connectivity index is 1.61. The molecule has 0 aliphatic heterocycles. The van der Waals surface area contributed by atoms with E-state index in [-0.39, 0.29) is 5.91 Å². The standard InChI is InChI=1S/C22H26N4O3/c1-4-28-19-12-11-17(15-20(19)29-5-2)13-14-23-22(27)21-16(3)24-26(25-21)18-9-7-6-8-10-18/h6-12,15H,4-5,13-14H2,1-3H3,(H,23,27). The molecule has 0 atom stereocenters. The van der Waals surface area contributed by atoms with E-state index in [0.717, 1.165) is 22.7 Å². The summed E-state index contributed by atoms with van der Waals surface area (Å²) in [6, 6.07) is 15.4. The minimum atomic E-state index is -0.236. The molecule has 3 aromatic rings. The first-order valence-corrected chi connectivity index (χ1v) is 9.78. The van der Waals surface area contributed by atoms with E-state index in [1.807, 2.05) is 62.4 Å². The van der Waals surface area contributed by atoms with Crippen molar-refractivity contribution < 1.29 is 14.3 Å². The van der Waals surface area contributed by atoms with E-state index in [1.54, 1.807) is 6.92 Å². The van der Waals surface area contributed by atoms with E-state index in [1.165, 1.54) is 4.80 Å². The summed E-state index contributed by atoms with van der Waals surface area (Å²) in [7, 11) is 0. The van der Waals surface area contributed by atoms with Crippen molar-refractivity contribution in [2.45, 2.75) is 27.2 Å². The van der Waals surface area contributed by atoms with Crippen molar-refractivity contribution in [3.8, 4) is 17.2 Å². The number of nitrogens with zero attached hydrogens (tertiary/aromatic N) is 3. The quantitative estimate of drug-likeness (QED) is 0.602. The molecule has 0 fully saturated rings. The predicted molar refractivity (Wildman–Crippen MR) is 111 cm³/mol. The highest BCUT2D eigenvalue weighted by atomic mass is 16.5. The first-order chi connectivity index (χ1) is 14.1. The van der Waals surface area contributed by atoms with Gasteiger partial charge in [-0.15, -0.1) is 5.10 Å².